The Hall–Kier alpha value is -1.74. The van der Waals surface area contributed by atoms with Gasteiger partial charge in [-0.05, 0) is 51.3 Å². The van der Waals surface area contributed by atoms with E-state index in [1.54, 1.807) is 6.20 Å². The van der Waals surface area contributed by atoms with Gasteiger partial charge in [-0.25, -0.2) is 0 Å². The van der Waals surface area contributed by atoms with Crippen LogP contribution in [-0.2, 0) is 0 Å². The Morgan fingerprint density at radius 1 is 1.18 bits per heavy atom. The van der Waals surface area contributed by atoms with Crippen LogP contribution in [-0.4, -0.2) is 34.8 Å². The first-order chi connectivity index (χ1) is 10.6. The van der Waals surface area contributed by atoms with Crippen molar-refractivity contribution >= 4 is 16.7 Å². The number of fused-ring (bicyclic) bond motifs is 3. The molecule has 0 spiro atoms. The molecular formula is C19H22N2O. The summed E-state index contributed by atoms with van der Waals surface area (Å²) in [7, 11) is 2.22. The van der Waals surface area contributed by atoms with Crippen molar-refractivity contribution in [1.29, 1.82) is 0 Å². The first-order valence-electron chi connectivity index (χ1n) is 8.25. The molecule has 3 nitrogen and oxygen atoms in total. The molecule has 2 unspecified atom stereocenters. The molecule has 0 saturated carbocycles. The van der Waals surface area contributed by atoms with Crippen molar-refractivity contribution in [3.8, 4) is 0 Å². The lowest BCUT2D eigenvalue weighted by molar-refractivity contribution is 0.0766. The zero-order chi connectivity index (χ0) is 15.3. The Morgan fingerprint density at radius 2 is 1.91 bits per heavy atom. The van der Waals surface area contributed by atoms with Crippen LogP contribution in [0.3, 0.4) is 0 Å². The second kappa shape index (κ2) is 5.17. The van der Waals surface area contributed by atoms with E-state index in [-0.39, 0.29) is 5.92 Å². The van der Waals surface area contributed by atoms with Gasteiger partial charge in [0.1, 0.15) is 0 Å². The summed E-state index contributed by atoms with van der Waals surface area (Å²) >= 11 is 0. The summed E-state index contributed by atoms with van der Waals surface area (Å²) in [5.41, 5.74) is 2.87. The molecule has 2 bridgehead atoms. The highest BCUT2D eigenvalue weighted by Gasteiger charge is 2.41. The number of rotatable bonds is 2. The third-order valence-corrected chi connectivity index (χ3v) is 5.76. The number of piperidine rings is 1. The molecule has 0 amide bonds. The Balaban J connectivity index is 1.67. The van der Waals surface area contributed by atoms with E-state index >= 15 is 0 Å². The SMILES string of the molecule is Cc1c(C(=O)C2CC3CCC(C2)N3C)ccc2cccnc12. The monoisotopic (exact) mass is 294 g/mol. The van der Waals surface area contributed by atoms with Gasteiger partial charge in [-0.3, -0.25) is 9.78 Å². The maximum Gasteiger partial charge on any atom is 0.166 e. The molecule has 0 radical (unpaired) electrons. The minimum atomic E-state index is 0.188. The minimum Gasteiger partial charge on any atom is -0.300 e. The lowest BCUT2D eigenvalue weighted by Crippen LogP contribution is -2.42. The quantitative estimate of drug-likeness (QED) is 0.793. The number of aromatic nitrogens is 1. The standard InChI is InChI=1S/C19H22N2O/c1-12-17(8-5-13-4-3-9-20-18(12)13)19(22)14-10-15-6-7-16(11-14)21(15)2/h3-5,8-9,14-16H,6-7,10-11H2,1-2H3. The molecule has 2 aromatic rings. The van der Waals surface area contributed by atoms with Crippen LogP contribution in [0.25, 0.3) is 10.9 Å². The van der Waals surface area contributed by atoms with Crippen LogP contribution in [0.2, 0.25) is 0 Å². The van der Waals surface area contributed by atoms with Gasteiger partial charge in [-0.2, -0.15) is 0 Å². The second-order valence-electron chi connectivity index (χ2n) is 6.90. The van der Waals surface area contributed by atoms with Gasteiger partial charge in [0.15, 0.2) is 5.78 Å². The fourth-order valence-corrected chi connectivity index (χ4v) is 4.40. The lowest BCUT2D eigenvalue weighted by atomic mass is 9.83. The molecule has 2 fully saturated rings. The Labute approximate surface area is 131 Å². The Kier molecular flexibility index (Phi) is 3.26. The average Bonchev–Trinajstić information content (AvgIpc) is 2.76. The van der Waals surface area contributed by atoms with Gasteiger partial charge in [0.2, 0.25) is 0 Å². The molecule has 1 aromatic heterocycles. The van der Waals surface area contributed by atoms with E-state index in [2.05, 4.69) is 23.0 Å². The maximum absolute atomic E-state index is 13.0. The predicted molar refractivity (Wildman–Crippen MR) is 88.1 cm³/mol. The number of Topliss-reactive ketones (excluding diaryl/α,β-unsaturated/α-hetero) is 1. The number of aryl methyl sites for hydroxylation is 1. The van der Waals surface area contributed by atoms with E-state index in [9.17, 15) is 4.79 Å². The number of hydrogen-bond donors (Lipinski definition) is 0. The first-order valence-corrected chi connectivity index (χ1v) is 8.25. The minimum absolute atomic E-state index is 0.188. The highest BCUT2D eigenvalue weighted by Crippen LogP contribution is 2.39. The molecule has 3 heterocycles. The fraction of sp³-hybridized carbons (Fsp3) is 0.474. The number of hydrogen-bond acceptors (Lipinski definition) is 3. The summed E-state index contributed by atoms with van der Waals surface area (Å²) < 4.78 is 0. The lowest BCUT2D eigenvalue weighted by Gasteiger charge is -2.35. The van der Waals surface area contributed by atoms with Gasteiger partial charge in [-0.1, -0.05) is 18.2 Å². The molecular weight excluding hydrogens is 272 g/mol. The second-order valence-corrected chi connectivity index (χ2v) is 6.90. The highest BCUT2D eigenvalue weighted by atomic mass is 16.1. The third kappa shape index (κ3) is 2.07. The van der Waals surface area contributed by atoms with E-state index in [0.717, 1.165) is 34.9 Å². The number of nitrogens with zero attached hydrogens (tertiary/aromatic N) is 2. The molecule has 2 atom stereocenters. The van der Waals surface area contributed by atoms with Crippen LogP contribution in [0.5, 0.6) is 0 Å². The summed E-state index contributed by atoms with van der Waals surface area (Å²) in [6, 6.07) is 9.24. The molecule has 2 aliphatic rings. The number of ketones is 1. The van der Waals surface area contributed by atoms with E-state index in [1.165, 1.54) is 12.8 Å². The average molecular weight is 294 g/mol. The van der Waals surface area contributed by atoms with Gasteiger partial charge < -0.3 is 4.90 Å². The largest absolute Gasteiger partial charge is 0.300 e. The maximum atomic E-state index is 13.0. The molecule has 0 aliphatic carbocycles. The van der Waals surface area contributed by atoms with Crippen molar-refractivity contribution in [2.24, 2.45) is 5.92 Å². The normalized spacial score (nSPS) is 28.2. The van der Waals surface area contributed by atoms with Crippen LogP contribution in [0.4, 0.5) is 0 Å². The summed E-state index contributed by atoms with van der Waals surface area (Å²) in [5.74, 6) is 0.517. The molecule has 2 saturated heterocycles. The summed E-state index contributed by atoms with van der Waals surface area (Å²) in [5, 5.41) is 1.11. The smallest absolute Gasteiger partial charge is 0.166 e. The van der Waals surface area contributed by atoms with Crippen molar-refractivity contribution < 1.29 is 4.79 Å². The molecule has 4 rings (SSSR count). The summed E-state index contributed by atoms with van der Waals surface area (Å²) in [6.07, 6.45) is 6.35. The van der Waals surface area contributed by atoms with Crippen LogP contribution in [0.1, 0.15) is 41.6 Å². The zero-order valence-corrected chi connectivity index (χ0v) is 13.2. The molecule has 114 valence electrons. The van der Waals surface area contributed by atoms with Gasteiger partial charge in [-0.15, -0.1) is 0 Å². The van der Waals surface area contributed by atoms with Crippen LogP contribution >= 0.6 is 0 Å². The van der Waals surface area contributed by atoms with Crippen molar-refractivity contribution in [2.45, 2.75) is 44.7 Å². The number of carbonyl (C=O) groups excluding carboxylic acids is 1. The molecule has 1 aromatic carbocycles. The van der Waals surface area contributed by atoms with Crippen LogP contribution in [0, 0.1) is 12.8 Å². The highest BCUT2D eigenvalue weighted by molar-refractivity contribution is 6.03. The molecule has 2 aliphatic heterocycles. The molecule has 0 N–H and O–H groups in total. The van der Waals surface area contributed by atoms with E-state index in [4.69, 9.17) is 0 Å². The molecule has 22 heavy (non-hydrogen) atoms. The Morgan fingerprint density at radius 3 is 2.64 bits per heavy atom. The Bertz CT molecular complexity index is 725. The summed E-state index contributed by atoms with van der Waals surface area (Å²) in [6.45, 7) is 2.03. The van der Waals surface area contributed by atoms with E-state index in [0.29, 0.717) is 17.9 Å². The number of pyridine rings is 1. The van der Waals surface area contributed by atoms with Gasteiger partial charge in [0, 0.05) is 35.1 Å². The van der Waals surface area contributed by atoms with E-state index in [1.807, 2.05) is 25.1 Å². The van der Waals surface area contributed by atoms with Crippen LogP contribution in [0.15, 0.2) is 30.5 Å². The topological polar surface area (TPSA) is 33.2 Å². The zero-order valence-electron chi connectivity index (χ0n) is 13.2. The van der Waals surface area contributed by atoms with Gasteiger partial charge >= 0.3 is 0 Å². The van der Waals surface area contributed by atoms with Crippen molar-refractivity contribution in [3.05, 3.63) is 41.6 Å². The number of benzene rings is 1. The van der Waals surface area contributed by atoms with Gasteiger partial charge in [0.25, 0.3) is 0 Å². The van der Waals surface area contributed by atoms with Crippen molar-refractivity contribution in [3.63, 3.8) is 0 Å². The van der Waals surface area contributed by atoms with E-state index < -0.39 is 0 Å². The number of carbonyl (C=O) groups is 1. The van der Waals surface area contributed by atoms with Crippen molar-refractivity contribution in [2.75, 3.05) is 7.05 Å². The molecule has 3 heteroatoms. The first kappa shape index (κ1) is 13.9. The fourth-order valence-electron chi connectivity index (χ4n) is 4.40. The third-order valence-electron chi connectivity index (χ3n) is 5.76. The van der Waals surface area contributed by atoms with Gasteiger partial charge in [0.05, 0.1) is 5.52 Å². The summed E-state index contributed by atoms with van der Waals surface area (Å²) in [4.78, 5) is 20.0. The van der Waals surface area contributed by atoms with Crippen LogP contribution < -0.4 is 0 Å². The predicted octanol–water partition coefficient (Wildman–Crippen LogP) is 3.60. The van der Waals surface area contributed by atoms with Crippen molar-refractivity contribution in [1.82, 2.24) is 9.88 Å².